The maximum Gasteiger partial charge on any atom is 0.0319 e. The SMILES string of the molecule is CN(C)CC1=CCC(c2ccc3ccccc3c2)=C1.CO. The highest BCUT2D eigenvalue weighted by molar-refractivity contribution is 5.87. The normalized spacial score (nSPS) is 13.8. The molecule has 2 nitrogen and oxygen atoms in total. The molecule has 1 aliphatic carbocycles. The minimum absolute atomic E-state index is 1.00. The quantitative estimate of drug-likeness (QED) is 0.926. The zero-order chi connectivity index (χ0) is 15.2. The molecular formula is C19H23NO. The Morgan fingerprint density at radius 2 is 1.71 bits per heavy atom. The molecule has 1 N–H and O–H groups in total. The summed E-state index contributed by atoms with van der Waals surface area (Å²) in [6.07, 6.45) is 5.73. The van der Waals surface area contributed by atoms with Gasteiger partial charge >= 0.3 is 0 Å². The van der Waals surface area contributed by atoms with Gasteiger partial charge in [0, 0.05) is 13.7 Å². The first kappa shape index (κ1) is 15.5. The van der Waals surface area contributed by atoms with Crippen molar-refractivity contribution in [2.45, 2.75) is 6.42 Å². The smallest absolute Gasteiger partial charge is 0.0319 e. The molecule has 0 saturated heterocycles. The molecule has 2 heteroatoms. The van der Waals surface area contributed by atoms with Crippen molar-refractivity contribution in [3.8, 4) is 0 Å². The summed E-state index contributed by atoms with van der Waals surface area (Å²) in [5.41, 5.74) is 4.21. The van der Waals surface area contributed by atoms with Gasteiger partial charge in [0.2, 0.25) is 0 Å². The Morgan fingerprint density at radius 3 is 2.43 bits per heavy atom. The van der Waals surface area contributed by atoms with Crippen LogP contribution in [0.2, 0.25) is 0 Å². The summed E-state index contributed by atoms with van der Waals surface area (Å²) in [4.78, 5) is 2.21. The molecule has 0 amide bonds. The van der Waals surface area contributed by atoms with Gasteiger partial charge in [-0.25, -0.2) is 0 Å². The molecule has 0 atom stereocenters. The van der Waals surface area contributed by atoms with E-state index in [1.807, 2.05) is 0 Å². The van der Waals surface area contributed by atoms with Crippen molar-refractivity contribution in [3.63, 3.8) is 0 Å². The van der Waals surface area contributed by atoms with Crippen LogP contribution in [0.1, 0.15) is 12.0 Å². The molecule has 0 unspecified atom stereocenters. The summed E-state index contributed by atoms with van der Waals surface area (Å²) in [7, 11) is 5.23. The molecule has 1 aliphatic rings. The summed E-state index contributed by atoms with van der Waals surface area (Å²) in [5.74, 6) is 0. The van der Waals surface area contributed by atoms with Crippen molar-refractivity contribution in [2.75, 3.05) is 27.7 Å². The van der Waals surface area contributed by atoms with Crippen LogP contribution in [-0.2, 0) is 0 Å². The van der Waals surface area contributed by atoms with E-state index in [2.05, 4.69) is 73.6 Å². The van der Waals surface area contributed by atoms with E-state index in [4.69, 9.17) is 5.11 Å². The number of aliphatic hydroxyl groups is 1. The molecule has 0 bridgehead atoms. The number of rotatable bonds is 3. The maximum atomic E-state index is 7.00. The second kappa shape index (κ2) is 7.21. The van der Waals surface area contributed by atoms with E-state index in [0.29, 0.717) is 0 Å². The summed E-state index contributed by atoms with van der Waals surface area (Å²) >= 11 is 0. The molecule has 2 aromatic rings. The lowest BCUT2D eigenvalue weighted by atomic mass is 10.0. The van der Waals surface area contributed by atoms with E-state index in [1.165, 1.54) is 27.5 Å². The number of aliphatic hydroxyl groups excluding tert-OH is 1. The fraction of sp³-hybridized carbons (Fsp3) is 0.263. The van der Waals surface area contributed by atoms with Gasteiger partial charge in [0.1, 0.15) is 0 Å². The van der Waals surface area contributed by atoms with Crippen LogP contribution in [0.5, 0.6) is 0 Å². The first-order valence-corrected chi connectivity index (χ1v) is 7.20. The van der Waals surface area contributed by atoms with Crippen LogP contribution in [0, 0.1) is 0 Å². The third-order valence-electron chi connectivity index (χ3n) is 3.56. The minimum Gasteiger partial charge on any atom is -0.400 e. The van der Waals surface area contributed by atoms with Gasteiger partial charge in [0.15, 0.2) is 0 Å². The Balaban J connectivity index is 0.000000774. The molecule has 0 aliphatic heterocycles. The van der Waals surface area contributed by atoms with Crippen molar-refractivity contribution in [1.82, 2.24) is 4.90 Å². The highest BCUT2D eigenvalue weighted by Gasteiger charge is 2.09. The van der Waals surface area contributed by atoms with Gasteiger partial charge in [-0.05, 0) is 54.1 Å². The fourth-order valence-electron chi connectivity index (χ4n) is 2.65. The third kappa shape index (κ3) is 3.81. The Labute approximate surface area is 127 Å². The molecule has 0 spiro atoms. The first-order chi connectivity index (χ1) is 10.2. The topological polar surface area (TPSA) is 23.5 Å². The molecular weight excluding hydrogens is 258 g/mol. The van der Waals surface area contributed by atoms with Crippen molar-refractivity contribution < 1.29 is 5.11 Å². The Morgan fingerprint density at radius 1 is 1.00 bits per heavy atom. The molecule has 0 saturated carbocycles. The van der Waals surface area contributed by atoms with E-state index in [-0.39, 0.29) is 0 Å². The standard InChI is InChI=1S/C18H19N.CH4O/c1-19(2)13-14-7-8-17(11-14)18-10-9-15-5-3-4-6-16(15)12-18;1-2/h3-7,9-12H,8,13H2,1-2H3;2H,1H3. The average Bonchev–Trinajstić information content (AvgIpc) is 2.96. The van der Waals surface area contributed by atoms with E-state index in [0.717, 1.165) is 20.1 Å². The van der Waals surface area contributed by atoms with E-state index in [9.17, 15) is 0 Å². The Bertz CT molecular complexity index is 668. The van der Waals surface area contributed by atoms with Gasteiger partial charge in [-0.2, -0.15) is 0 Å². The summed E-state index contributed by atoms with van der Waals surface area (Å²) in [6.45, 7) is 1.02. The lowest BCUT2D eigenvalue weighted by Gasteiger charge is -2.08. The van der Waals surface area contributed by atoms with Crippen molar-refractivity contribution >= 4 is 16.3 Å². The van der Waals surface area contributed by atoms with Crippen LogP contribution in [0.15, 0.2) is 60.2 Å². The van der Waals surface area contributed by atoms with Gasteiger partial charge in [0.25, 0.3) is 0 Å². The van der Waals surface area contributed by atoms with Crippen LogP contribution < -0.4 is 0 Å². The van der Waals surface area contributed by atoms with E-state index in [1.54, 1.807) is 0 Å². The van der Waals surface area contributed by atoms with Gasteiger partial charge in [-0.15, -0.1) is 0 Å². The predicted octanol–water partition coefficient (Wildman–Crippen LogP) is 3.72. The van der Waals surface area contributed by atoms with Crippen LogP contribution in [0.25, 0.3) is 16.3 Å². The van der Waals surface area contributed by atoms with E-state index < -0.39 is 0 Å². The number of benzene rings is 2. The molecule has 0 radical (unpaired) electrons. The number of likely N-dealkylation sites (N-methyl/N-ethyl adjacent to an activating group) is 1. The number of fused-ring (bicyclic) bond motifs is 1. The number of hydrogen-bond acceptors (Lipinski definition) is 2. The molecule has 0 aromatic heterocycles. The Kier molecular flexibility index (Phi) is 5.32. The zero-order valence-electron chi connectivity index (χ0n) is 13.0. The summed E-state index contributed by atoms with van der Waals surface area (Å²) in [6, 6.07) is 15.3. The average molecular weight is 281 g/mol. The molecule has 21 heavy (non-hydrogen) atoms. The largest absolute Gasteiger partial charge is 0.400 e. The van der Waals surface area contributed by atoms with Gasteiger partial charge in [0.05, 0.1) is 0 Å². The minimum atomic E-state index is 1.00. The molecule has 0 fully saturated rings. The first-order valence-electron chi connectivity index (χ1n) is 7.20. The second-order valence-electron chi connectivity index (χ2n) is 5.45. The molecule has 3 rings (SSSR count). The molecule has 0 heterocycles. The number of allylic oxidation sites excluding steroid dienone is 2. The van der Waals surface area contributed by atoms with Crippen molar-refractivity contribution in [3.05, 3.63) is 65.8 Å². The van der Waals surface area contributed by atoms with Crippen LogP contribution >= 0.6 is 0 Å². The Hall–Kier alpha value is -1.90. The van der Waals surface area contributed by atoms with E-state index >= 15 is 0 Å². The molecule has 110 valence electrons. The lowest BCUT2D eigenvalue weighted by Crippen LogP contribution is -2.13. The number of nitrogens with zero attached hydrogens (tertiary/aromatic N) is 1. The van der Waals surface area contributed by atoms with Gasteiger partial charge in [-0.1, -0.05) is 48.6 Å². The zero-order valence-corrected chi connectivity index (χ0v) is 13.0. The molecule has 2 aromatic carbocycles. The van der Waals surface area contributed by atoms with Gasteiger partial charge < -0.3 is 10.0 Å². The lowest BCUT2D eigenvalue weighted by molar-refractivity contribution is 0.399. The highest BCUT2D eigenvalue weighted by Crippen LogP contribution is 2.29. The third-order valence-corrected chi connectivity index (χ3v) is 3.56. The monoisotopic (exact) mass is 281 g/mol. The van der Waals surface area contributed by atoms with Crippen LogP contribution in [-0.4, -0.2) is 37.8 Å². The van der Waals surface area contributed by atoms with Crippen LogP contribution in [0.3, 0.4) is 0 Å². The predicted molar refractivity (Wildman–Crippen MR) is 91.3 cm³/mol. The van der Waals surface area contributed by atoms with Crippen molar-refractivity contribution in [2.24, 2.45) is 0 Å². The highest BCUT2D eigenvalue weighted by atomic mass is 16.2. The van der Waals surface area contributed by atoms with Crippen molar-refractivity contribution in [1.29, 1.82) is 0 Å². The maximum absolute atomic E-state index is 7.00. The number of hydrogen-bond donors (Lipinski definition) is 1. The summed E-state index contributed by atoms with van der Waals surface area (Å²) < 4.78 is 0. The van der Waals surface area contributed by atoms with Crippen LogP contribution in [0.4, 0.5) is 0 Å². The summed E-state index contributed by atoms with van der Waals surface area (Å²) in [5, 5.41) is 9.63. The van der Waals surface area contributed by atoms with Gasteiger partial charge in [-0.3, -0.25) is 0 Å². The second-order valence-corrected chi connectivity index (χ2v) is 5.45. The fourth-order valence-corrected chi connectivity index (χ4v) is 2.65.